The Hall–Kier alpha value is -1.35. The first-order valence-electron chi connectivity index (χ1n) is 4.92. The summed E-state index contributed by atoms with van der Waals surface area (Å²) in [7, 11) is 1.46. The molecule has 0 aromatic heterocycles. The predicted molar refractivity (Wildman–Crippen MR) is 56.4 cm³/mol. The minimum absolute atomic E-state index is 0.284. The average molecular weight is 208 g/mol. The van der Waals surface area contributed by atoms with Gasteiger partial charge in [-0.2, -0.15) is 0 Å². The lowest BCUT2D eigenvalue weighted by atomic mass is 10.0. The molecule has 0 saturated heterocycles. The highest BCUT2D eigenvalue weighted by atomic mass is 19.1. The smallest absolute Gasteiger partial charge is 0.165 e. The largest absolute Gasteiger partial charge is 0.494 e. The van der Waals surface area contributed by atoms with Crippen molar-refractivity contribution >= 4 is 5.57 Å². The summed E-state index contributed by atoms with van der Waals surface area (Å²) in [5, 5.41) is 0. The molecule has 15 heavy (non-hydrogen) atoms. The Morgan fingerprint density at radius 2 is 2.27 bits per heavy atom. The number of benzene rings is 1. The summed E-state index contributed by atoms with van der Waals surface area (Å²) in [5.41, 5.74) is 2.06. The third-order valence-electron chi connectivity index (χ3n) is 2.49. The van der Waals surface area contributed by atoms with E-state index in [1.54, 1.807) is 6.07 Å². The van der Waals surface area contributed by atoms with E-state index in [0.29, 0.717) is 13.2 Å². The predicted octanol–water partition coefficient (Wildman–Crippen LogP) is 2.64. The maximum Gasteiger partial charge on any atom is 0.165 e. The van der Waals surface area contributed by atoms with Crippen molar-refractivity contribution in [3.05, 3.63) is 35.7 Å². The van der Waals surface area contributed by atoms with Crippen LogP contribution < -0.4 is 4.74 Å². The molecule has 1 aliphatic rings. The molecule has 0 aliphatic carbocycles. The minimum Gasteiger partial charge on any atom is -0.494 e. The zero-order valence-corrected chi connectivity index (χ0v) is 8.63. The molecule has 0 fully saturated rings. The first-order chi connectivity index (χ1) is 7.31. The van der Waals surface area contributed by atoms with Crippen molar-refractivity contribution in [1.82, 2.24) is 0 Å². The van der Waals surface area contributed by atoms with Gasteiger partial charge in [-0.3, -0.25) is 0 Å². The highest BCUT2D eigenvalue weighted by Crippen LogP contribution is 2.25. The van der Waals surface area contributed by atoms with Gasteiger partial charge in [-0.1, -0.05) is 12.1 Å². The van der Waals surface area contributed by atoms with E-state index in [0.717, 1.165) is 17.6 Å². The lowest BCUT2D eigenvalue weighted by Crippen LogP contribution is -2.04. The maximum atomic E-state index is 13.4. The summed E-state index contributed by atoms with van der Waals surface area (Å²) in [6, 6.07) is 5.04. The minimum atomic E-state index is -0.317. The Morgan fingerprint density at radius 1 is 1.40 bits per heavy atom. The Balaban J connectivity index is 2.29. The monoisotopic (exact) mass is 208 g/mol. The van der Waals surface area contributed by atoms with Gasteiger partial charge in [0, 0.05) is 0 Å². The lowest BCUT2D eigenvalue weighted by molar-refractivity contribution is 0.161. The molecule has 0 spiro atoms. The van der Waals surface area contributed by atoms with E-state index in [4.69, 9.17) is 9.47 Å². The summed E-state index contributed by atoms with van der Waals surface area (Å²) in [6.07, 6.45) is 2.83. The van der Waals surface area contributed by atoms with Crippen LogP contribution >= 0.6 is 0 Å². The van der Waals surface area contributed by atoms with Gasteiger partial charge in [-0.05, 0) is 29.7 Å². The van der Waals surface area contributed by atoms with Crippen LogP contribution in [0.1, 0.15) is 12.0 Å². The third-order valence-corrected chi connectivity index (χ3v) is 2.49. The molecule has 0 radical (unpaired) electrons. The molecule has 0 atom stereocenters. The fourth-order valence-electron chi connectivity index (χ4n) is 1.66. The number of methoxy groups -OCH3 is 1. The Labute approximate surface area is 88.3 Å². The molecule has 1 heterocycles. The molecule has 0 N–H and O–H groups in total. The van der Waals surface area contributed by atoms with E-state index in [-0.39, 0.29) is 11.6 Å². The molecule has 1 aliphatic heterocycles. The standard InChI is InChI=1S/C12H13FO2/c1-14-12-3-2-10(8-11(12)13)9-4-6-15-7-5-9/h2-4,8H,5-7H2,1H3. The van der Waals surface area contributed by atoms with Gasteiger partial charge in [-0.25, -0.2) is 4.39 Å². The Morgan fingerprint density at radius 3 is 2.87 bits per heavy atom. The molecular formula is C12H13FO2. The van der Waals surface area contributed by atoms with Crippen molar-refractivity contribution in [2.24, 2.45) is 0 Å². The van der Waals surface area contributed by atoms with Crippen LogP contribution in [0.3, 0.4) is 0 Å². The molecule has 80 valence electrons. The van der Waals surface area contributed by atoms with Crippen LogP contribution in [-0.4, -0.2) is 20.3 Å². The van der Waals surface area contributed by atoms with E-state index in [2.05, 4.69) is 0 Å². The van der Waals surface area contributed by atoms with Crippen LogP contribution in [0.25, 0.3) is 5.57 Å². The number of rotatable bonds is 2. The van der Waals surface area contributed by atoms with E-state index >= 15 is 0 Å². The second-order valence-corrected chi connectivity index (χ2v) is 3.40. The molecule has 0 bridgehead atoms. The third kappa shape index (κ3) is 2.18. The molecule has 2 rings (SSSR count). The van der Waals surface area contributed by atoms with Gasteiger partial charge in [0.2, 0.25) is 0 Å². The van der Waals surface area contributed by atoms with Crippen molar-refractivity contribution in [1.29, 1.82) is 0 Å². The molecule has 1 aromatic rings. The van der Waals surface area contributed by atoms with E-state index in [9.17, 15) is 4.39 Å². The number of ether oxygens (including phenoxy) is 2. The van der Waals surface area contributed by atoms with Gasteiger partial charge >= 0.3 is 0 Å². The van der Waals surface area contributed by atoms with Gasteiger partial charge in [-0.15, -0.1) is 0 Å². The first-order valence-corrected chi connectivity index (χ1v) is 4.92. The van der Waals surface area contributed by atoms with Gasteiger partial charge in [0.1, 0.15) is 0 Å². The zero-order valence-electron chi connectivity index (χ0n) is 8.63. The molecular weight excluding hydrogens is 195 g/mol. The van der Waals surface area contributed by atoms with Crippen molar-refractivity contribution in [3.63, 3.8) is 0 Å². The second kappa shape index (κ2) is 4.45. The number of hydrogen-bond donors (Lipinski definition) is 0. The SMILES string of the molecule is COc1ccc(C2=CCOCC2)cc1F. The fraction of sp³-hybridized carbons (Fsp3) is 0.333. The fourth-order valence-corrected chi connectivity index (χ4v) is 1.66. The van der Waals surface area contributed by atoms with Crippen molar-refractivity contribution in [3.8, 4) is 5.75 Å². The normalized spacial score (nSPS) is 16.0. The van der Waals surface area contributed by atoms with Gasteiger partial charge in [0.05, 0.1) is 20.3 Å². The molecule has 0 saturated carbocycles. The summed E-state index contributed by atoms with van der Waals surface area (Å²) in [6.45, 7) is 1.32. The van der Waals surface area contributed by atoms with E-state index < -0.39 is 0 Å². The van der Waals surface area contributed by atoms with Crippen molar-refractivity contribution < 1.29 is 13.9 Å². The summed E-state index contributed by atoms with van der Waals surface area (Å²) in [5.74, 6) is -0.0335. The highest BCUT2D eigenvalue weighted by molar-refractivity contribution is 5.66. The zero-order chi connectivity index (χ0) is 10.7. The number of halogens is 1. The first kappa shape index (κ1) is 10.2. The summed E-state index contributed by atoms with van der Waals surface area (Å²) < 4.78 is 23.5. The second-order valence-electron chi connectivity index (χ2n) is 3.40. The van der Waals surface area contributed by atoms with Crippen LogP contribution in [0.15, 0.2) is 24.3 Å². The van der Waals surface area contributed by atoms with Crippen molar-refractivity contribution in [2.45, 2.75) is 6.42 Å². The summed E-state index contributed by atoms with van der Waals surface area (Å²) >= 11 is 0. The quantitative estimate of drug-likeness (QED) is 0.743. The molecule has 1 aromatic carbocycles. The topological polar surface area (TPSA) is 18.5 Å². The number of hydrogen-bond acceptors (Lipinski definition) is 2. The van der Waals surface area contributed by atoms with Gasteiger partial charge < -0.3 is 9.47 Å². The molecule has 0 unspecified atom stereocenters. The Bertz CT molecular complexity index is 385. The maximum absolute atomic E-state index is 13.4. The van der Waals surface area contributed by atoms with Gasteiger partial charge in [0.25, 0.3) is 0 Å². The van der Waals surface area contributed by atoms with Crippen molar-refractivity contribution in [2.75, 3.05) is 20.3 Å². The average Bonchev–Trinajstić information content (AvgIpc) is 2.30. The van der Waals surface area contributed by atoms with Crippen LogP contribution in [0.2, 0.25) is 0 Å². The van der Waals surface area contributed by atoms with Crippen LogP contribution in [0.4, 0.5) is 4.39 Å². The van der Waals surface area contributed by atoms with Crippen LogP contribution in [-0.2, 0) is 4.74 Å². The summed E-state index contributed by atoms with van der Waals surface area (Å²) in [4.78, 5) is 0. The Kier molecular flexibility index (Phi) is 3.02. The highest BCUT2D eigenvalue weighted by Gasteiger charge is 2.09. The molecule has 0 amide bonds. The van der Waals surface area contributed by atoms with Gasteiger partial charge in [0.15, 0.2) is 11.6 Å². The van der Waals surface area contributed by atoms with Crippen LogP contribution in [0.5, 0.6) is 5.75 Å². The lowest BCUT2D eigenvalue weighted by Gasteiger charge is -2.14. The molecule has 2 nitrogen and oxygen atoms in total. The van der Waals surface area contributed by atoms with E-state index in [1.165, 1.54) is 13.2 Å². The molecule has 3 heteroatoms. The van der Waals surface area contributed by atoms with E-state index in [1.807, 2.05) is 12.1 Å². The van der Waals surface area contributed by atoms with Crippen LogP contribution in [0, 0.1) is 5.82 Å².